The fraction of sp³-hybridized carbons (Fsp3) is 0.214. The Labute approximate surface area is 121 Å². The average molecular weight is 290 g/mol. The van der Waals surface area contributed by atoms with Gasteiger partial charge in [0.15, 0.2) is 0 Å². The summed E-state index contributed by atoms with van der Waals surface area (Å²) in [5, 5.41) is 5.57. The Morgan fingerprint density at radius 2 is 2.05 bits per heavy atom. The summed E-state index contributed by atoms with van der Waals surface area (Å²) in [6.45, 7) is 1.05. The lowest BCUT2D eigenvalue weighted by Crippen LogP contribution is -2.16. The van der Waals surface area contributed by atoms with Crippen LogP contribution in [0.25, 0.3) is 0 Å². The Kier molecular flexibility index (Phi) is 5.16. The third-order valence-electron chi connectivity index (χ3n) is 2.58. The number of aromatic nitrogens is 2. The highest BCUT2D eigenvalue weighted by atomic mass is 19.1. The number of nitrogens with one attached hydrogen (secondary N) is 2. The van der Waals surface area contributed by atoms with E-state index in [2.05, 4.69) is 20.6 Å². The number of benzene rings is 1. The van der Waals surface area contributed by atoms with Gasteiger partial charge in [0.1, 0.15) is 11.5 Å². The maximum absolute atomic E-state index is 12.8. The van der Waals surface area contributed by atoms with Gasteiger partial charge in [-0.25, -0.2) is 14.4 Å². The Balaban J connectivity index is 2.01. The second-order valence-electron chi connectivity index (χ2n) is 4.15. The number of amides is 1. The van der Waals surface area contributed by atoms with Crippen LogP contribution in [0.15, 0.2) is 36.5 Å². The van der Waals surface area contributed by atoms with Crippen molar-refractivity contribution in [1.82, 2.24) is 9.97 Å². The van der Waals surface area contributed by atoms with Crippen molar-refractivity contribution in [2.75, 3.05) is 30.9 Å². The summed E-state index contributed by atoms with van der Waals surface area (Å²) in [6.07, 6.45) is 1.49. The Bertz CT molecular complexity index is 604. The molecule has 2 aromatic rings. The van der Waals surface area contributed by atoms with E-state index in [1.165, 1.54) is 36.5 Å². The van der Waals surface area contributed by atoms with E-state index >= 15 is 0 Å². The standard InChI is InChI=1S/C14H15FN4O2/c1-21-9-8-17-14-16-7-6-12(19-14)13(20)18-11-4-2-10(15)3-5-11/h2-7H,8-9H2,1H3,(H,18,20)(H,16,17,19). The molecule has 1 aromatic heterocycles. The van der Waals surface area contributed by atoms with Gasteiger partial charge in [0.2, 0.25) is 5.95 Å². The molecule has 0 saturated heterocycles. The Morgan fingerprint density at radius 1 is 1.29 bits per heavy atom. The lowest BCUT2D eigenvalue weighted by molar-refractivity contribution is 0.102. The molecular weight excluding hydrogens is 275 g/mol. The zero-order chi connectivity index (χ0) is 15.1. The van der Waals surface area contributed by atoms with Gasteiger partial charge in [-0.3, -0.25) is 4.79 Å². The number of hydrogen-bond acceptors (Lipinski definition) is 5. The van der Waals surface area contributed by atoms with Gasteiger partial charge in [0, 0.05) is 25.5 Å². The maximum atomic E-state index is 12.8. The molecule has 0 fully saturated rings. The zero-order valence-corrected chi connectivity index (χ0v) is 11.5. The molecule has 0 bridgehead atoms. The number of halogens is 1. The molecule has 0 radical (unpaired) electrons. The zero-order valence-electron chi connectivity index (χ0n) is 11.5. The minimum atomic E-state index is -0.390. The van der Waals surface area contributed by atoms with Gasteiger partial charge in [-0.15, -0.1) is 0 Å². The van der Waals surface area contributed by atoms with Crippen LogP contribution in [-0.2, 0) is 4.74 Å². The number of hydrogen-bond donors (Lipinski definition) is 2. The van der Waals surface area contributed by atoms with Crippen molar-refractivity contribution in [2.24, 2.45) is 0 Å². The SMILES string of the molecule is COCCNc1nccc(C(=O)Nc2ccc(F)cc2)n1. The number of nitrogens with zero attached hydrogens (tertiary/aromatic N) is 2. The Morgan fingerprint density at radius 3 is 2.76 bits per heavy atom. The predicted octanol–water partition coefficient (Wildman–Crippen LogP) is 1.93. The van der Waals surface area contributed by atoms with Gasteiger partial charge in [-0.2, -0.15) is 0 Å². The van der Waals surface area contributed by atoms with Gasteiger partial charge in [-0.1, -0.05) is 0 Å². The third-order valence-corrected chi connectivity index (χ3v) is 2.58. The molecule has 0 spiro atoms. The number of ether oxygens (including phenoxy) is 1. The summed E-state index contributed by atoms with van der Waals surface area (Å²) in [4.78, 5) is 20.1. The van der Waals surface area contributed by atoms with Crippen molar-refractivity contribution < 1.29 is 13.9 Å². The largest absolute Gasteiger partial charge is 0.383 e. The predicted molar refractivity (Wildman–Crippen MR) is 76.8 cm³/mol. The second kappa shape index (κ2) is 7.30. The van der Waals surface area contributed by atoms with Crippen LogP contribution < -0.4 is 10.6 Å². The van der Waals surface area contributed by atoms with E-state index in [-0.39, 0.29) is 11.5 Å². The quantitative estimate of drug-likeness (QED) is 0.795. The van der Waals surface area contributed by atoms with Crippen molar-refractivity contribution in [3.63, 3.8) is 0 Å². The lowest BCUT2D eigenvalue weighted by Gasteiger charge is -2.07. The number of carbonyl (C=O) groups is 1. The molecule has 21 heavy (non-hydrogen) atoms. The van der Waals surface area contributed by atoms with Crippen molar-refractivity contribution in [1.29, 1.82) is 0 Å². The number of methoxy groups -OCH3 is 1. The van der Waals surface area contributed by atoms with Crippen LogP contribution in [0.3, 0.4) is 0 Å². The van der Waals surface area contributed by atoms with Crippen LogP contribution in [0.1, 0.15) is 10.5 Å². The molecule has 0 unspecified atom stereocenters. The van der Waals surface area contributed by atoms with E-state index in [1.54, 1.807) is 7.11 Å². The molecule has 0 aliphatic carbocycles. The molecule has 2 rings (SSSR count). The molecular formula is C14H15FN4O2. The molecule has 1 heterocycles. The monoisotopic (exact) mass is 290 g/mol. The van der Waals surface area contributed by atoms with Gasteiger partial charge < -0.3 is 15.4 Å². The molecule has 7 heteroatoms. The van der Waals surface area contributed by atoms with E-state index in [0.29, 0.717) is 24.8 Å². The van der Waals surface area contributed by atoms with Crippen LogP contribution in [0.2, 0.25) is 0 Å². The highest BCUT2D eigenvalue weighted by Gasteiger charge is 2.09. The minimum Gasteiger partial charge on any atom is -0.383 e. The molecule has 0 saturated carbocycles. The first-order chi connectivity index (χ1) is 10.2. The molecule has 110 valence electrons. The smallest absolute Gasteiger partial charge is 0.274 e. The summed E-state index contributed by atoms with van der Waals surface area (Å²) in [5.41, 5.74) is 0.711. The number of carbonyl (C=O) groups excluding carboxylic acids is 1. The van der Waals surface area contributed by atoms with Crippen molar-refractivity contribution in [2.45, 2.75) is 0 Å². The molecule has 2 N–H and O–H groups in total. The van der Waals surface area contributed by atoms with Gasteiger partial charge in [0.05, 0.1) is 6.61 Å². The number of rotatable bonds is 6. The van der Waals surface area contributed by atoms with Crippen LogP contribution in [0.4, 0.5) is 16.0 Å². The van der Waals surface area contributed by atoms with Crippen LogP contribution in [-0.4, -0.2) is 36.1 Å². The summed E-state index contributed by atoms with van der Waals surface area (Å²) in [7, 11) is 1.59. The minimum absolute atomic E-state index is 0.217. The van der Waals surface area contributed by atoms with E-state index in [9.17, 15) is 9.18 Å². The number of anilines is 2. The third kappa shape index (κ3) is 4.50. The first kappa shape index (κ1) is 14.9. The van der Waals surface area contributed by atoms with Crippen molar-refractivity contribution in [3.8, 4) is 0 Å². The average Bonchev–Trinajstić information content (AvgIpc) is 2.50. The molecule has 6 nitrogen and oxygen atoms in total. The first-order valence-corrected chi connectivity index (χ1v) is 6.32. The highest BCUT2D eigenvalue weighted by Crippen LogP contribution is 2.10. The van der Waals surface area contributed by atoms with E-state index in [1.807, 2.05) is 0 Å². The summed E-state index contributed by atoms with van der Waals surface area (Å²) in [6, 6.07) is 7.00. The summed E-state index contributed by atoms with van der Waals surface area (Å²) >= 11 is 0. The van der Waals surface area contributed by atoms with E-state index in [4.69, 9.17) is 4.74 Å². The van der Waals surface area contributed by atoms with Gasteiger partial charge in [-0.05, 0) is 30.3 Å². The fourth-order valence-corrected chi connectivity index (χ4v) is 1.56. The fourth-order valence-electron chi connectivity index (χ4n) is 1.56. The summed E-state index contributed by atoms with van der Waals surface area (Å²) < 4.78 is 17.7. The van der Waals surface area contributed by atoms with Crippen LogP contribution >= 0.6 is 0 Å². The van der Waals surface area contributed by atoms with Gasteiger partial charge >= 0.3 is 0 Å². The van der Waals surface area contributed by atoms with E-state index in [0.717, 1.165) is 0 Å². The van der Waals surface area contributed by atoms with Crippen molar-refractivity contribution in [3.05, 3.63) is 48.0 Å². The van der Waals surface area contributed by atoms with E-state index < -0.39 is 5.91 Å². The highest BCUT2D eigenvalue weighted by molar-refractivity contribution is 6.02. The second-order valence-corrected chi connectivity index (χ2v) is 4.15. The molecule has 0 atom stereocenters. The van der Waals surface area contributed by atoms with Crippen LogP contribution in [0.5, 0.6) is 0 Å². The lowest BCUT2D eigenvalue weighted by atomic mass is 10.3. The normalized spacial score (nSPS) is 10.2. The molecule has 0 aliphatic heterocycles. The summed E-state index contributed by atoms with van der Waals surface area (Å²) in [5.74, 6) is -0.405. The Hall–Kier alpha value is -2.54. The topological polar surface area (TPSA) is 76.1 Å². The van der Waals surface area contributed by atoms with Gasteiger partial charge in [0.25, 0.3) is 5.91 Å². The molecule has 1 amide bonds. The molecule has 1 aromatic carbocycles. The first-order valence-electron chi connectivity index (χ1n) is 6.32. The van der Waals surface area contributed by atoms with Crippen molar-refractivity contribution >= 4 is 17.5 Å². The maximum Gasteiger partial charge on any atom is 0.274 e. The molecule has 0 aliphatic rings. The van der Waals surface area contributed by atoms with Crippen LogP contribution in [0, 0.1) is 5.82 Å².